The second-order valence-corrected chi connectivity index (χ2v) is 5.06. The molecule has 0 bridgehead atoms. The number of hydrogen-bond acceptors (Lipinski definition) is 3. The van der Waals surface area contributed by atoms with Crippen molar-refractivity contribution in [2.75, 3.05) is 17.7 Å². The van der Waals surface area contributed by atoms with Crippen molar-refractivity contribution in [3.8, 4) is 0 Å². The number of nitrogens with zero attached hydrogens (tertiary/aromatic N) is 1. The number of benzene rings is 1. The number of hydrogen-bond donors (Lipinski definition) is 2. The molecule has 104 valence electrons. The van der Waals surface area contributed by atoms with Crippen LogP contribution in [0.15, 0.2) is 30.5 Å². The van der Waals surface area contributed by atoms with Crippen LogP contribution in [0.1, 0.15) is 15.9 Å². The van der Waals surface area contributed by atoms with Crippen molar-refractivity contribution >= 4 is 40.6 Å². The van der Waals surface area contributed by atoms with E-state index in [0.717, 1.165) is 5.56 Å². The van der Waals surface area contributed by atoms with Gasteiger partial charge in [-0.2, -0.15) is 0 Å². The molecule has 0 saturated heterocycles. The number of aryl methyl sites for hydroxylation is 1. The average molecular weight is 310 g/mol. The summed E-state index contributed by atoms with van der Waals surface area (Å²) >= 11 is 12.1. The van der Waals surface area contributed by atoms with Crippen LogP contribution in [0.2, 0.25) is 10.0 Å². The molecule has 0 radical (unpaired) electrons. The summed E-state index contributed by atoms with van der Waals surface area (Å²) < 4.78 is 0. The molecule has 2 N–H and O–H groups in total. The van der Waals surface area contributed by atoms with Crippen LogP contribution < -0.4 is 10.6 Å². The molecule has 0 saturated carbocycles. The van der Waals surface area contributed by atoms with Crippen molar-refractivity contribution in [1.29, 1.82) is 0 Å². The van der Waals surface area contributed by atoms with Gasteiger partial charge in [-0.3, -0.25) is 4.79 Å². The maximum Gasteiger partial charge on any atom is 0.257 e. The first kappa shape index (κ1) is 14.6. The fourth-order valence-electron chi connectivity index (χ4n) is 1.66. The topological polar surface area (TPSA) is 54.0 Å². The first-order valence-electron chi connectivity index (χ1n) is 5.92. The standard InChI is InChI=1S/C14H13Cl2N3O/c1-8-3-4-12(10(15)5-8)19-14(20)9-6-11(16)13(17-2)18-7-9/h3-7H,1-2H3,(H,17,18)(H,19,20). The van der Waals surface area contributed by atoms with Crippen LogP contribution in [0.5, 0.6) is 0 Å². The molecule has 1 heterocycles. The van der Waals surface area contributed by atoms with Crippen LogP contribution in [0, 0.1) is 6.92 Å². The molecule has 0 atom stereocenters. The molecular weight excluding hydrogens is 297 g/mol. The molecular formula is C14H13Cl2N3O. The summed E-state index contributed by atoms with van der Waals surface area (Å²) in [5, 5.41) is 6.43. The Morgan fingerprint density at radius 3 is 2.55 bits per heavy atom. The monoisotopic (exact) mass is 309 g/mol. The number of aromatic nitrogens is 1. The summed E-state index contributed by atoms with van der Waals surface area (Å²) in [6.45, 7) is 1.93. The minimum atomic E-state index is -0.312. The number of amides is 1. The SMILES string of the molecule is CNc1ncc(C(=O)Nc2ccc(C)cc2Cl)cc1Cl. The van der Waals surface area contributed by atoms with Gasteiger partial charge in [0.05, 0.1) is 21.3 Å². The molecule has 0 aliphatic heterocycles. The van der Waals surface area contributed by atoms with Gasteiger partial charge in [-0.1, -0.05) is 29.3 Å². The number of nitrogens with one attached hydrogen (secondary N) is 2. The normalized spacial score (nSPS) is 10.2. The molecule has 1 aromatic heterocycles. The molecule has 0 spiro atoms. The molecule has 0 fully saturated rings. The fraction of sp³-hybridized carbons (Fsp3) is 0.143. The van der Waals surface area contributed by atoms with E-state index in [1.165, 1.54) is 6.20 Å². The summed E-state index contributed by atoms with van der Waals surface area (Å²) in [6, 6.07) is 6.97. The van der Waals surface area contributed by atoms with E-state index < -0.39 is 0 Å². The summed E-state index contributed by atoms with van der Waals surface area (Å²) in [5.74, 6) is 0.212. The second-order valence-electron chi connectivity index (χ2n) is 4.24. The van der Waals surface area contributed by atoms with Gasteiger partial charge in [0.1, 0.15) is 5.82 Å². The van der Waals surface area contributed by atoms with Crippen molar-refractivity contribution in [3.63, 3.8) is 0 Å². The molecule has 2 rings (SSSR count). The smallest absolute Gasteiger partial charge is 0.257 e. The van der Waals surface area contributed by atoms with E-state index in [4.69, 9.17) is 23.2 Å². The Morgan fingerprint density at radius 1 is 1.20 bits per heavy atom. The van der Waals surface area contributed by atoms with Crippen LogP contribution in [0.4, 0.5) is 11.5 Å². The Kier molecular flexibility index (Phi) is 4.47. The summed E-state index contributed by atoms with van der Waals surface area (Å²) in [6.07, 6.45) is 1.45. The highest BCUT2D eigenvalue weighted by Gasteiger charge is 2.11. The summed E-state index contributed by atoms with van der Waals surface area (Å²) in [4.78, 5) is 16.2. The number of carbonyl (C=O) groups excluding carboxylic acids is 1. The van der Waals surface area contributed by atoms with Gasteiger partial charge in [-0.05, 0) is 30.7 Å². The Labute approximate surface area is 127 Å². The van der Waals surface area contributed by atoms with Gasteiger partial charge in [0.2, 0.25) is 0 Å². The minimum Gasteiger partial charge on any atom is -0.372 e. The van der Waals surface area contributed by atoms with E-state index in [2.05, 4.69) is 15.6 Å². The van der Waals surface area contributed by atoms with Crippen molar-refractivity contribution in [1.82, 2.24) is 4.98 Å². The van der Waals surface area contributed by atoms with E-state index in [0.29, 0.717) is 27.1 Å². The molecule has 0 aliphatic rings. The first-order chi connectivity index (χ1) is 9.51. The molecule has 0 aliphatic carbocycles. The molecule has 1 aromatic carbocycles. The van der Waals surface area contributed by atoms with Crippen molar-refractivity contribution in [2.45, 2.75) is 6.92 Å². The highest BCUT2D eigenvalue weighted by molar-refractivity contribution is 6.34. The zero-order valence-corrected chi connectivity index (χ0v) is 12.5. The lowest BCUT2D eigenvalue weighted by Crippen LogP contribution is -2.13. The largest absolute Gasteiger partial charge is 0.372 e. The van der Waals surface area contributed by atoms with Gasteiger partial charge >= 0.3 is 0 Å². The van der Waals surface area contributed by atoms with E-state index in [9.17, 15) is 4.79 Å². The Morgan fingerprint density at radius 2 is 1.95 bits per heavy atom. The molecule has 1 amide bonds. The summed E-state index contributed by atoms with van der Waals surface area (Å²) in [5.41, 5.74) is 1.94. The lowest BCUT2D eigenvalue weighted by atomic mass is 10.2. The van der Waals surface area contributed by atoms with Crippen LogP contribution in [-0.4, -0.2) is 17.9 Å². The van der Waals surface area contributed by atoms with Gasteiger partial charge in [-0.15, -0.1) is 0 Å². The van der Waals surface area contributed by atoms with Gasteiger partial charge in [0.15, 0.2) is 0 Å². The van der Waals surface area contributed by atoms with Crippen LogP contribution in [0.25, 0.3) is 0 Å². The van der Waals surface area contributed by atoms with Gasteiger partial charge in [0, 0.05) is 13.2 Å². The third-order valence-corrected chi connectivity index (χ3v) is 3.31. The van der Waals surface area contributed by atoms with E-state index in [1.807, 2.05) is 13.0 Å². The minimum absolute atomic E-state index is 0.312. The zero-order chi connectivity index (χ0) is 14.7. The van der Waals surface area contributed by atoms with Gasteiger partial charge in [-0.25, -0.2) is 4.98 Å². The van der Waals surface area contributed by atoms with Crippen LogP contribution >= 0.6 is 23.2 Å². The number of pyridine rings is 1. The number of anilines is 2. The molecule has 4 nitrogen and oxygen atoms in total. The lowest BCUT2D eigenvalue weighted by Gasteiger charge is -2.09. The summed E-state index contributed by atoms with van der Waals surface area (Å²) in [7, 11) is 1.71. The third-order valence-electron chi connectivity index (χ3n) is 2.71. The van der Waals surface area contributed by atoms with E-state index in [-0.39, 0.29) is 5.91 Å². The van der Waals surface area contributed by atoms with E-state index >= 15 is 0 Å². The predicted molar refractivity (Wildman–Crippen MR) is 82.9 cm³/mol. The number of halogens is 2. The van der Waals surface area contributed by atoms with Gasteiger partial charge in [0.25, 0.3) is 5.91 Å². The molecule has 6 heteroatoms. The highest BCUT2D eigenvalue weighted by atomic mass is 35.5. The third kappa shape index (κ3) is 3.21. The van der Waals surface area contributed by atoms with Gasteiger partial charge < -0.3 is 10.6 Å². The predicted octanol–water partition coefficient (Wildman–Crippen LogP) is 3.99. The highest BCUT2D eigenvalue weighted by Crippen LogP contribution is 2.24. The van der Waals surface area contributed by atoms with Crippen molar-refractivity contribution < 1.29 is 4.79 Å². The quantitative estimate of drug-likeness (QED) is 0.901. The number of carbonyl (C=O) groups is 1. The van der Waals surface area contributed by atoms with Crippen molar-refractivity contribution in [3.05, 3.63) is 51.6 Å². The molecule has 0 unspecified atom stereocenters. The fourth-order valence-corrected chi connectivity index (χ4v) is 2.21. The lowest BCUT2D eigenvalue weighted by molar-refractivity contribution is 0.102. The zero-order valence-electron chi connectivity index (χ0n) is 11.0. The Bertz CT molecular complexity index is 659. The van der Waals surface area contributed by atoms with Crippen LogP contribution in [0.3, 0.4) is 0 Å². The Hall–Kier alpha value is -1.78. The van der Waals surface area contributed by atoms with E-state index in [1.54, 1.807) is 25.2 Å². The van der Waals surface area contributed by atoms with Crippen molar-refractivity contribution in [2.24, 2.45) is 0 Å². The second kappa shape index (κ2) is 6.11. The average Bonchev–Trinajstić information content (AvgIpc) is 2.41. The number of rotatable bonds is 3. The molecule has 2 aromatic rings. The maximum absolute atomic E-state index is 12.1. The first-order valence-corrected chi connectivity index (χ1v) is 6.67. The molecule has 20 heavy (non-hydrogen) atoms. The maximum atomic E-state index is 12.1. The van der Waals surface area contributed by atoms with Crippen LogP contribution in [-0.2, 0) is 0 Å². The Balaban J connectivity index is 2.21.